The minimum absolute atomic E-state index is 0.0668. The fourth-order valence-corrected chi connectivity index (χ4v) is 4.07. The summed E-state index contributed by atoms with van der Waals surface area (Å²) in [6.45, 7) is 0. The lowest BCUT2D eigenvalue weighted by atomic mass is 10.1. The maximum absolute atomic E-state index is 13.0. The molecule has 2 N–H and O–H groups in total. The highest BCUT2D eigenvalue weighted by molar-refractivity contribution is 7.89. The number of fused-ring (bicyclic) bond motifs is 1. The van der Waals surface area contributed by atoms with E-state index in [2.05, 4.69) is 15.6 Å². The van der Waals surface area contributed by atoms with Gasteiger partial charge >= 0.3 is 0 Å². The van der Waals surface area contributed by atoms with E-state index in [1.54, 1.807) is 60.7 Å². The summed E-state index contributed by atoms with van der Waals surface area (Å²) >= 11 is 0. The number of anilines is 2. The third-order valence-electron chi connectivity index (χ3n) is 4.63. The van der Waals surface area contributed by atoms with Crippen LogP contribution in [0.1, 0.15) is 26.5 Å². The standard InChI is InChI=1S/C23H19N3O5S/c1-32(29,30)14-19-18-7-2-3-8-20(18)31-21(19)23(28)26-17-6-4-5-16(13-17)25-22(27)15-9-11-24-12-10-15/h2-13H,14H2,1H3,(H,25,27)(H,26,28). The molecule has 0 saturated heterocycles. The van der Waals surface area contributed by atoms with Gasteiger partial charge in [-0.2, -0.15) is 0 Å². The average Bonchev–Trinajstić information content (AvgIpc) is 3.12. The van der Waals surface area contributed by atoms with Gasteiger partial charge in [0.2, 0.25) is 0 Å². The van der Waals surface area contributed by atoms with Crippen LogP contribution in [0.15, 0.2) is 77.5 Å². The number of amides is 2. The van der Waals surface area contributed by atoms with Crippen molar-refractivity contribution < 1.29 is 22.4 Å². The van der Waals surface area contributed by atoms with E-state index in [0.717, 1.165) is 6.26 Å². The quantitative estimate of drug-likeness (QED) is 0.461. The molecule has 4 aromatic rings. The number of carbonyl (C=O) groups excluding carboxylic acids is 2. The summed E-state index contributed by atoms with van der Waals surface area (Å²) in [7, 11) is -3.41. The fraction of sp³-hybridized carbons (Fsp3) is 0.0870. The molecule has 0 aliphatic carbocycles. The van der Waals surface area contributed by atoms with E-state index < -0.39 is 15.7 Å². The van der Waals surface area contributed by atoms with E-state index in [9.17, 15) is 18.0 Å². The summed E-state index contributed by atoms with van der Waals surface area (Å²) in [6.07, 6.45) is 4.14. The Morgan fingerprint density at radius 2 is 1.56 bits per heavy atom. The Morgan fingerprint density at radius 3 is 2.25 bits per heavy atom. The summed E-state index contributed by atoms with van der Waals surface area (Å²) in [5.74, 6) is -1.29. The molecule has 2 amide bonds. The number of hydrogen-bond acceptors (Lipinski definition) is 6. The van der Waals surface area contributed by atoms with Gasteiger partial charge in [0.1, 0.15) is 5.58 Å². The largest absolute Gasteiger partial charge is 0.451 e. The fourth-order valence-electron chi connectivity index (χ4n) is 3.26. The first-order chi connectivity index (χ1) is 15.3. The van der Waals surface area contributed by atoms with Crippen LogP contribution in [0, 0.1) is 0 Å². The topological polar surface area (TPSA) is 118 Å². The number of carbonyl (C=O) groups is 2. The highest BCUT2D eigenvalue weighted by Crippen LogP contribution is 2.28. The molecule has 0 radical (unpaired) electrons. The zero-order chi connectivity index (χ0) is 22.7. The second-order valence-electron chi connectivity index (χ2n) is 7.20. The number of rotatable bonds is 6. The molecule has 2 aromatic carbocycles. The Balaban J connectivity index is 1.58. The first-order valence-electron chi connectivity index (χ1n) is 9.61. The van der Waals surface area contributed by atoms with Crippen LogP contribution in [-0.4, -0.2) is 31.5 Å². The normalized spacial score (nSPS) is 11.3. The predicted molar refractivity (Wildman–Crippen MR) is 121 cm³/mol. The Kier molecular flexibility index (Phi) is 5.74. The van der Waals surface area contributed by atoms with Crippen molar-refractivity contribution in [3.63, 3.8) is 0 Å². The van der Waals surface area contributed by atoms with E-state index in [1.165, 1.54) is 12.4 Å². The van der Waals surface area contributed by atoms with Crippen LogP contribution in [0.2, 0.25) is 0 Å². The first-order valence-corrected chi connectivity index (χ1v) is 11.7. The lowest BCUT2D eigenvalue weighted by molar-refractivity contribution is 0.0996. The van der Waals surface area contributed by atoms with Crippen molar-refractivity contribution in [2.24, 2.45) is 0 Å². The molecule has 2 heterocycles. The summed E-state index contributed by atoms with van der Waals surface area (Å²) in [4.78, 5) is 29.2. The summed E-state index contributed by atoms with van der Waals surface area (Å²) in [5.41, 5.74) is 2.07. The summed E-state index contributed by atoms with van der Waals surface area (Å²) < 4.78 is 29.5. The van der Waals surface area contributed by atoms with Gasteiger partial charge in [-0.1, -0.05) is 24.3 Å². The van der Waals surface area contributed by atoms with E-state index in [1.807, 2.05) is 0 Å². The van der Waals surface area contributed by atoms with Crippen LogP contribution in [0.25, 0.3) is 11.0 Å². The van der Waals surface area contributed by atoms with Gasteiger partial charge in [-0.15, -0.1) is 0 Å². The highest BCUT2D eigenvalue weighted by Gasteiger charge is 2.23. The summed E-state index contributed by atoms with van der Waals surface area (Å²) in [5, 5.41) is 6.04. The molecule has 9 heteroatoms. The van der Waals surface area contributed by atoms with Crippen molar-refractivity contribution in [3.05, 3.63) is 89.9 Å². The molecule has 0 fully saturated rings. The molecule has 0 spiro atoms. The smallest absolute Gasteiger partial charge is 0.291 e. The number of aromatic nitrogens is 1. The first kappa shape index (κ1) is 21.3. The Bertz CT molecular complexity index is 1410. The predicted octanol–water partition coefficient (Wildman–Crippen LogP) is 3.88. The third-order valence-corrected chi connectivity index (χ3v) is 5.44. The SMILES string of the molecule is CS(=O)(=O)Cc1c(C(=O)Nc2cccc(NC(=O)c3ccncc3)c2)oc2ccccc12. The number of furan rings is 1. The average molecular weight is 449 g/mol. The molecule has 0 saturated carbocycles. The molecule has 0 aliphatic rings. The number of pyridine rings is 1. The minimum Gasteiger partial charge on any atom is -0.451 e. The van der Waals surface area contributed by atoms with Crippen LogP contribution < -0.4 is 10.6 Å². The highest BCUT2D eigenvalue weighted by atomic mass is 32.2. The second-order valence-corrected chi connectivity index (χ2v) is 9.34. The van der Waals surface area contributed by atoms with Crippen LogP contribution in [0.4, 0.5) is 11.4 Å². The Labute approximate surface area is 184 Å². The van der Waals surface area contributed by atoms with Crippen molar-refractivity contribution in [1.82, 2.24) is 4.98 Å². The van der Waals surface area contributed by atoms with Gasteiger partial charge in [0, 0.05) is 46.5 Å². The van der Waals surface area contributed by atoms with Crippen LogP contribution >= 0.6 is 0 Å². The summed E-state index contributed by atoms with van der Waals surface area (Å²) in [6, 6.07) is 16.7. The zero-order valence-electron chi connectivity index (χ0n) is 17.0. The number of nitrogens with one attached hydrogen (secondary N) is 2. The van der Waals surface area contributed by atoms with Gasteiger partial charge in [-0.3, -0.25) is 14.6 Å². The van der Waals surface area contributed by atoms with Crippen LogP contribution in [0.5, 0.6) is 0 Å². The molecule has 0 atom stereocenters. The zero-order valence-corrected chi connectivity index (χ0v) is 17.8. The van der Waals surface area contributed by atoms with Crippen molar-refractivity contribution in [2.45, 2.75) is 5.75 Å². The number of nitrogens with zero attached hydrogens (tertiary/aromatic N) is 1. The molecule has 32 heavy (non-hydrogen) atoms. The van der Waals surface area contributed by atoms with Crippen LogP contribution in [-0.2, 0) is 15.6 Å². The Morgan fingerprint density at radius 1 is 0.906 bits per heavy atom. The van der Waals surface area contributed by atoms with E-state index in [-0.39, 0.29) is 17.4 Å². The van der Waals surface area contributed by atoms with Gasteiger partial charge in [-0.25, -0.2) is 8.42 Å². The third kappa shape index (κ3) is 4.84. The monoisotopic (exact) mass is 449 g/mol. The number of sulfone groups is 1. The van der Waals surface area contributed by atoms with Gasteiger partial charge in [0.05, 0.1) is 5.75 Å². The Hall–Kier alpha value is -3.98. The van der Waals surface area contributed by atoms with E-state index >= 15 is 0 Å². The van der Waals surface area contributed by atoms with Crippen LogP contribution in [0.3, 0.4) is 0 Å². The van der Waals surface area contributed by atoms with Gasteiger partial charge < -0.3 is 15.1 Å². The molecule has 2 aromatic heterocycles. The number of para-hydroxylation sites is 1. The molecular formula is C23H19N3O5S. The van der Waals surface area contributed by atoms with Crippen molar-refractivity contribution >= 4 is 44.0 Å². The maximum Gasteiger partial charge on any atom is 0.291 e. The lowest BCUT2D eigenvalue weighted by Gasteiger charge is -2.09. The van der Waals surface area contributed by atoms with Crippen molar-refractivity contribution in [2.75, 3.05) is 16.9 Å². The molecule has 0 aliphatic heterocycles. The van der Waals surface area contributed by atoms with E-state index in [4.69, 9.17) is 4.42 Å². The second kappa shape index (κ2) is 8.64. The maximum atomic E-state index is 13.0. The molecule has 0 bridgehead atoms. The lowest BCUT2D eigenvalue weighted by Crippen LogP contribution is -2.15. The minimum atomic E-state index is -3.41. The van der Waals surface area contributed by atoms with Crippen molar-refractivity contribution in [3.8, 4) is 0 Å². The number of benzene rings is 2. The van der Waals surface area contributed by atoms with Gasteiger partial charge in [0.25, 0.3) is 11.8 Å². The van der Waals surface area contributed by atoms with Gasteiger partial charge in [-0.05, 0) is 36.4 Å². The van der Waals surface area contributed by atoms with Gasteiger partial charge in [0.15, 0.2) is 15.6 Å². The molecule has 0 unspecified atom stereocenters. The molecular weight excluding hydrogens is 430 g/mol. The molecule has 4 rings (SSSR count). The van der Waals surface area contributed by atoms with E-state index in [0.29, 0.717) is 33.5 Å². The number of hydrogen-bond donors (Lipinski definition) is 2. The molecule has 162 valence electrons. The molecule has 8 nitrogen and oxygen atoms in total. The van der Waals surface area contributed by atoms with Crippen molar-refractivity contribution in [1.29, 1.82) is 0 Å².